The highest BCUT2D eigenvalue weighted by Crippen LogP contribution is 2.29. The summed E-state index contributed by atoms with van der Waals surface area (Å²) in [6, 6.07) is 22.5. The van der Waals surface area contributed by atoms with Crippen LogP contribution in [0, 0.1) is 0 Å². The fourth-order valence-electron chi connectivity index (χ4n) is 2.89. The number of rotatable bonds is 6. The third-order valence-electron chi connectivity index (χ3n) is 4.37. The van der Waals surface area contributed by atoms with Crippen LogP contribution in [-0.2, 0) is 0 Å². The fourth-order valence-corrected chi connectivity index (χ4v) is 2.89. The monoisotopic (exact) mass is 370 g/mol. The van der Waals surface area contributed by atoms with Crippen molar-refractivity contribution in [3.8, 4) is 17.1 Å². The topological polar surface area (TPSA) is 64.4 Å². The van der Waals surface area contributed by atoms with Gasteiger partial charge in [0.1, 0.15) is 11.3 Å². The number of ether oxygens (including phenoxy) is 1. The Balaban J connectivity index is 1.53. The van der Waals surface area contributed by atoms with Crippen LogP contribution >= 0.6 is 0 Å². The first-order chi connectivity index (χ1) is 13.7. The molecule has 3 aromatic carbocycles. The predicted octanol–water partition coefficient (Wildman–Crippen LogP) is 5.31. The number of ketones is 1. The molecule has 0 aliphatic carbocycles. The molecule has 0 aliphatic heterocycles. The average Bonchev–Trinajstić information content (AvgIpc) is 3.18. The minimum Gasteiger partial charge on any atom is -0.497 e. The van der Waals surface area contributed by atoms with Crippen molar-refractivity contribution in [2.24, 2.45) is 0 Å². The number of anilines is 1. The van der Waals surface area contributed by atoms with Gasteiger partial charge in [-0.25, -0.2) is 0 Å². The van der Waals surface area contributed by atoms with Crippen molar-refractivity contribution in [1.29, 1.82) is 0 Å². The Kier molecular flexibility index (Phi) is 4.89. The number of fused-ring (bicyclic) bond motifs is 1. The largest absolute Gasteiger partial charge is 0.497 e. The molecule has 0 radical (unpaired) electrons. The van der Waals surface area contributed by atoms with E-state index < -0.39 is 0 Å². The number of hydrogen-bond acceptors (Lipinski definition) is 5. The van der Waals surface area contributed by atoms with Crippen molar-refractivity contribution in [2.75, 3.05) is 12.4 Å². The van der Waals surface area contributed by atoms with Crippen molar-refractivity contribution in [1.82, 2.24) is 5.16 Å². The number of nitrogens with zero attached hydrogens (tertiary/aromatic N) is 1. The summed E-state index contributed by atoms with van der Waals surface area (Å²) in [6.07, 6.45) is 3.13. The Morgan fingerprint density at radius 3 is 2.57 bits per heavy atom. The third kappa shape index (κ3) is 3.64. The van der Waals surface area contributed by atoms with Gasteiger partial charge in [-0.3, -0.25) is 4.79 Å². The Labute approximate surface area is 162 Å². The van der Waals surface area contributed by atoms with Crippen LogP contribution in [0.25, 0.3) is 22.2 Å². The second-order valence-electron chi connectivity index (χ2n) is 6.18. The van der Waals surface area contributed by atoms with Crippen molar-refractivity contribution < 1.29 is 14.1 Å². The molecule has 0 atom stereocenters. The summed E-state index contributed by atoms with van der Waals surface area (Å²) in [5.41, 5.74) is 3.08. The molecule has 138 valence electrons. The van der Waals surface area contributed by atoms with E-state index in [0.717, 1.165) is 27.9 Å². The van der Waals surface area contributed by atoms with Crippen molar-refractivity contribution >= 4 is 22.4 Å². The van der Waals surface area contributed by atoms with E-state index in [9.17, 15) is 4.79 Å². The molecule has 0 unspecified atom stereocenters. The molecule has 5 nitrogen and oxygen atoms in total. The van der Waals surface area contributed by atoms with Gasteiger partial charge in [0.2, 0.25) is 0 Å². The molecule has 4 aromatic rings. The molecule has 4 rings (SSSR count). The first kappa shape index (κ1) is 17.5. The lowest BCUT2D eigenvalue weighted by molar-refractivity contribution is 0.104. The second kappa shape index (κ2) is 7.80. The molecule has 1 N–H and O–H groups in total. The minimum atomic E-state index is -0.108. The van der Waals surface area contributed by atoms with Gasteiger partial charge in [-0.05, 0) is 42.5 Å². The number of carbonyl (C=O) groups excluding carboxylic acids is 1. The normalized spacial score (nSPS) is 11.0. The quantitative estimate of drug-likeness (QED) is 0.368. The number of allylic oxidation sites excluding steroid dienone is 1. The SMILES string of the molecule is COc1ccc(N/C=C/C(=O)c2ccc3noc(-c4ccccc4)c3c2)cc1. The number of aromatic nitrogens is 1. The number of benzene rings is 3. The summed E-state index contributed by atoms with van der Waals surface area (Å²) in [4.78, 5) is 12.6. The summed E-state index contributed by atoms with van der Waals surface area (Å²) in [5, 5.41) is 7.98. The summed E-state index contributed by atoms with van der Waals surface area (Å²) in [6.45, 7) is 0. The number of methoxy groups -OCH3 is 1. The van der Waals surface area contributed by atoms with E-state index in [0.29, 0.717) is 11.3 Å². The summed E-state index contributed by atoms with van der Waals surface area (Å²) >= 11 is 0. The van der Waals surface area contributed by atoms with Crippen LogP contribution in [0.15, 0.2) is 89.6 Å². The van der Waals surface area contributed by atoms with Crippen LogP contribution in [0.4, 0.5) is 5.69 Å². The maximum Gasteiger partial charge on any atom is 0.187 e. The fraction of sp³-hybridized carbons (Fsp3) is 0.0435. The Morgan fingerprint density at radius 1 is 1.04 bits per heavy atom. The molecule has 5 heteroatoms. The van der Waals surface area contributed by atoms with E-state index in [1.807, 2.05) is 60.7 Å². The zero-order chi connectivity index (χ0) is 19.3. The van der Waals surface area contributed by atoms with Crippen LogP contribution in [0.2, 0.25) is 0 Å². The minimum absolute atomic E-state index is 0.108. The van der Waals surface area contributed by atoms with Crippen LogP contribution < -0.4 is 10.1 Å². The first-order valence-electron chi connectivity index (χ1n) is 8.81. The van der Waals surface area contributed by atoms with Gasteiger partial charge in [0, 0.05) is 29.1 Å². The zero-order valence-electron chi connectivity index (χ0n) is 15.3. The maximum absolute atomic E-state index is 12.6. The van der Waals surface area contributed by atoms with Crippen molar-refractivity contribution in [3.05, 3.63) is 90.6 Å². The van der Waals surface area contributed by atoms with E-state index in [1.165, 1.54) is 6.08 Å². The summed E-state index contributed by atoms with van der Waals surface area (Å²) in [7, 11) is 1.62. The molecule has 1 aromatic heterocycles. The number of carbonyl (C=O) groups is 1. The van der Waals surface area contributed by atoms with Crippen molar-refractivity contribution in [3.63, 3.8) is 0 Å². The number of hydrogen-bond donors (Lipinski definition) is 1. The molecule has 1 heterocycles. The van der Waals surface area contributed by atoms with Crippen LogP contribution in [-0.4, -0.2) is 18.0 Å². The highest BCUT2D eigenvalue weighted by molar-refractivity contribution is 6.07. The van der Waals surface area contributed by atoms with Crippen LogP contribution in [0.5, 0.6) is 5.75 Å². The first-order valence-corrected chi connectivity index (χ1v) is 8.81. The molecule has 0 amide bonds. The van der Waals surface area contributed by atoms with Crippen LogP contribution in [0.1, 0.15) is 10.4 Å². The van der Waals surface area contributed by atoms with Gasteiger partial charge in [-0.2, -0.15) is 0 Å². The zero-order valence-corrected chi connectivity index (χ0v) is 15.3. The van der Waals surface area contributed by atoms with E-state index in [1.54, 1.807) is 25.4 Å². The molecule has 0 bridgehead atoms. The molecule has 0 spiro atoms. The smallest absolute Gasteiger partial charge is 0.187 e. The average molecular weight is 370 g/mol. The molecule has 0 saturated carbocycles. The van der Waals surface area contributed by atoms with Crippen LogP contribution in [0.3, 0.4) is 0 Å². The highest BCUT2D eigenvalue weighted by Gasteiger charge is 2.12. The standard InChI is InChI=1S/C23H18N2O3/c1-27-19-10-8-18(9-11-19)24-14-13-22(26)17-7-12-21-20(15-17)23(28-25-21)16-5-3-2-4-6-16/h2-15,24H,1H3/b14-13+. The van der Waals surface area contributed by atoms with Gasteiger partial charge in [0.05, 0.1) is 12.5 Å². The molecule has 28 heavy (non-hydrogen) atoms. The summed E-state index contributed by atoms with van der Waals surface area (Å²) < 4.78 is 10.6. The van der Waals surface area contributed by atoms with Gasteiger partial charge in [-0.15, -0.1) is 0 Å². The van der Waals surface area contributed by atoms with Gasteiger partial charge in [0.25, 0.3) is 0 Å². The molecular weight excluding hydrogens is 352 g/mol. The lowest BCUT2D eigenvalue weighted by Crippen LogP contribution is -1.96. The van der Waals surface area contributed by atoms with Crippen molar-refractivity contribution in [2.45, 2.75) is 0 Å². The molecule has 0 aliphatic rings. The Morgan fingerprint density at radius 2 is 1.82 bits per heavy atom. The molecule has 0 saturated heterocycles. The lowest BCUT2D eigenvalue weighted by atomic mass is 10.0. The lowest BCUT2D eigenvalue weighted by Gasteiger charge is -2.03. The molecular formula is C23H18N2O3. The summed E-state index contributed by atoms with van der Waals surface area (Å²) in [5.74, 6) is 1.33. The van der Waals surface area contributed by atoms with E-state index in [4.69, 9.17) is 9.26 Å². The van der Waals surface area contributed by atoms with E-state index in [-0.39, 0.29) is 5.78 Å². The van der Waals surface area contributed by atoms with E-state index >= 15 is 0 Å². The Hall–Kier alpha value is -3.86. The highest BCUT2D eigenvalue weighted by atomic mass is 16.5. The van der Waals surface area contributed by atoms with Gasteiger partial charge in [-0.1, -0.05) is 35.5 Å². The number of nitrogens with one attached hydrogen (secondary N) is 1. The molecule has 0 fully saturated rings. The van der Waals surface area contributed by atoms with E-state index in [2.05, 4.69) is 10.5 Å². The Bertz CT molecular complexity index is 1130. The predicted molar refractivity (Wildman–Crippen MR) is 110 cm³/mol. The van der Waals surface area contributed by atoms with Gasteiger partial charge < -0.3 is 14.6 Å². The maximum atomic E-state index is 12.6. The van der Waals surface area contributed by atoms with Gasteiger partial charge >= 0.3 is 0 Å². The third-order valence-corrected chi connectivity index (χ3v) is 4.37. The van der Waals surface area contributed by atoms with Gasteiger partial charge in [0.15, 0.2) is 11.5 Å². The second-order valence-corrected chi connectivity index (χ2v) is 6.18.